The van der Waals surface area contributed by atoms with Gasteiger partial charge in [0.05, 0.1) is 9.47 Å². The molecular weight excluding hydrogens is 438 g/mol. The molecule has 1 saturated heterocycles. The lowest BCUT2D eigenvalue weighted by molar-refractivity contribution is -0.118. The Morgan fingerprint density at radius 1 is 1.04 bits per heavy atom. The number of hydrogen-bond donors (Lipinski definition) is 0. The highest BCUT2D eigenvalue weighted by Crippen LogP contribution is 2.37. The zero-order valence-corrected chi connectivity index (χ0v) is 18.4. The molecule has 0 N–H and O–H groups in total. The third-order valence-corrected chi connectivity index (χ3v) is 7.14. The number of fused-ring (bicyclic) bond motifs is 1. The molecule has 2 aliphatic rings. The van der Waals surface area contributed by atoms with E-state index >= 15 is 0 Å². The molecule has 2 aromatic rings. The third kappa shape index (κ3) is 4.72. The van der Waals surface area contributed by atoms with Crippen LogP contribution in [0.1, 0.15) is 30.6 Å². The summed E-state index contributed by atoms with van der Waals surface area (Å²) in [6.45, 7) is 5.95. The number of unbranched alkanes of at least 4 members (excludes halogenated alkanes) is 1. The molecule has 0 spiro atoms. The number of piperazine rings is 1. The number of hydrogen-bond acceptors (Lipinski definition) is 6. The van der Waals surface area contributed by atoms with Crippen LogP contribution in [0, 0.1) is 0 Å². The molecule has 0 unspecified atom stereocenters. The van der Waals surface area contributed by atoms with Crippen LogP contribution in [-0.2, 0) is 11.2 Å². The smallest absolute Gasteiger partial charge is 0.227 e. The molecule has 4 heterocycles. The van der Waals surface area contributed by atoms with Gasteiger partial charge < -0.3 is 9.80 Å². The van der Waals surface area contributed by atoms with Crippen molar-refractivity contribution in [1.82, 2.24) is 14.9 Å². The summed E-state index contributed by atoms with van der Waals surface area (Å²) in [7, 11) is 0. The van der Waals surface area contributed by atoms with Gasteiger partial charge in [0.2, 0.25) is 11.9 Å². The minimum atomic E-state index is 0.278. The Morgan fingerprint density at radius 3 is 2.57 bits per heavy atom. The second-order valence-electron chi connectivity index (χ2n) is 7.34. The predicted octanol–water partition coefficient (Wildman–Crippen LogP) is 3.57. The number of nitrogens with zero attached hydrogens (tertiary/aromatic N) is 5. The van der Waals surface area contributed by atoms with Gasteiger partial charge in [-0.1, -0.05) is 0 Å². The van der Waals surface area contributed by atoms with Gasteiger partial charge in [-0.05, 0) is 60.3 Å². The van der Waals surface area contributed by atoms with Gasteiger partial charge in [-0.3, -0.25) is 9.69 Å². The van der Waals surface area contributed by atoms with Gasteiger partial charge in [-0.25, -0.2) is 9.97 Å². The first-order chi connectivity index (χ1) is 13.7. The van der Waals surface area contributed by atoms with Gasteiger partial charge in [0, 0.05) is 56.4 Å². The summed E-state index contributed by atoms with van der Waals surface area (Å²) in [4.78, 5) is 29.4. The summed E-state index contributed by atoms with van der Waals surface area (Å²) in [5.74, 6) is 1.11. The highest BCUT2D eigenvalue weighted by atomic mass is 79.9. The second kappa shape index (κ2) is 9.33. The van der Waals surface area contributed by atoms with E-state index in [1.54, 1.807) is 23.7 Å². The highest BCUT2D eigenvalue weighted by molar-refractivity contribution is 9.11. The Labute approximate surface area is 178 Å². The van der Waals surface area contributed by atoms with E-state index in [0.29, 0.717) is 6.42 Å². The van der Waals surface area contributed by atoms with Crippen LogP contribution < -0.4 is 9.80 Å². The van der Waals surface area contributed by atoms with Crippen LogP contribution >= 0.6 is 27.3 Å². The fourth-order valence-corrected chi connectivity index (χ4v) is 5.67. The SMILES string of the molecule is O=C1CCCc2sc(Br)cc2N1CCCCN1CCN(c2ncccn2)CC1. The zero-order valence-electron chi connectivity index (χ0n) is 16.0. The summed E-state index contributed by atoms with van der Waals surface area (Å²) >= 11 is 5.35. The largest absolute Gasteiger partial charge is 0.338 e. The molecule has 1 amide bonds. The van der Waals surface area contributed by atoms with E-state index in [4.69, 9.17) is 0 Å². The predicted molar refractivity (Wildman–Crippen MR) is 117 cm³/mol. The summed E-state index contributed by atoms with van der Waals surface area (Å²) in [6, 6.07) is 3.97. The van der Waals surface area contributed by atoms with Gasteiger partial charge >= 0.3 is 0 Å². The first-order valence-electron chi connectivity index (χ1n) is 10.0. The quantitative estimate of drug-likeness (QED) is 0.612. The molecule has 1 fully saturated rings. The number of aromatic nitrogens is 2. The van der Waals surface area contributed by atoms with Crippen molar-refractivity contribution in [3.63, 3.8) is 0 Å². The van der Waals surface area contributed by atoms with Gasteiger partial charge in [-0.15, -0.1) is 11.3 Å². The molecule has 28 heavy (non-hydrogen) atoms. The van der Waals surface area contributed by atoms with E-state index in [9.17, 15) is 4.79 Å². The summed E-state index contributed by atoms with van der Waals surface area (Å²) in [6.07, 6.45) is 8.41. The number of halogens is 1. The van der Waals surface area contributed by atoms with Crippen LogP contribution in [0.3, 0.4) is 0 Å². The first-order valence-corrected chi connectivity index (χ1v) is 11.6. The standard InChI is InChI=1S/C20H26BrN5OS/c21-18-15-16-17(28-18)5-3-6-19(27)26(16)10-2-1-9-24-11-13-25(14-12-24)20-22-7-4-8-23-20/h4,7-8,15H,1-3,5-6,9-14H2. The maximum atomic E-state index is 12.5. The maximum Gasteiger partial charge on any atom is 0.227 e. The number of thiophene rings is 1. The molecule has 2 aliphatic heterocycles. The molecule has 0 bridgehead atoms. The molecule has 4 rings (SSSR count). The van der Waals surface area contributed by atoms with Gasteiger partial charge in [-0.2, -0.15) is 0 Å². The number of aryl methyl sites for hydroxylation is 1. The van der Waals surface area contributed by atoms with Crippen molar-refractivity contribution >= 4 is 44.8 Å². The molecule has 8 heteroatoms. The molecule has 0 atom stereocenters. The van der Waals surface area contributed by atoms with Crippen molar-refractivity contribution in [1.29, 1.82) is 0 Å². The summed E-state index contributed by atoms with van der Waals surface area (Å²) in [5, 5.41) is 0. The molecule has 2 aromatic heterocycles. The molecule has 0 radical (unpaired) electrons. The molecule has 0 saturated carbocycles. The normalized spacial score (nSPS) is 18.2. The average molecular weight is 464 g/mol. The molecular formula is C20H26BrN5OS. The Balaban J connectivity index is 1.22. The van der Waals surface area contributed by atoms with Crippen LogP contribution in [0.25, 0.3) is 0 Å². The van der Waals surface area contributed by atoms with E-state index in [0.717, 1.165) is 80.4 Å². The van der Waals surface area contributed by atoms with Crippen molar-refractivity contribution in [2.24, 2.45) is 0 Å². The third-order valence-electron chi connectivity index (χ3n) is 5.46. The Hall–Kier alpha value is -1.51. The minimum Gasteiger partial charge on any atom is -0.338 e. The van der Waals surface area contributed by atoms with Crippen LogP contribution in [-0.4, -0.2) is 60.0 Å². The number of amides is 1. The van der Waals surface area contributed by atoms with Crippen LogP contribution in [0.15, 0.2) is 28.3 Å². The fraction of sp³-hybridized carbons (Fsp3) is 0.550. The van der Waals surface area contributed by atoms with Gasteiger partial charge in [0.1, 0.15) is 0 Å². The fourth-order valence-electron chi connectivity index (χ4n) is 3.94. The van der Waals surface area contributed by atoms with E-state index in [2.05, 4.69) is 41.8 Å². The van der Waals surface area contributed by atoms with Gasteiger partial charge in [0.15, 0.2) is 0 Å². The Morgan fingerprint density at radius 2 is 1.79 bits per heavy atom. The van der Waals surface area contributed by atoms with Crippen LogP contribution in [0.5, 0.6) is 0 Å². The van der Waals surface area contributed by atoms with Crippen molar-refractivity contribution in [3.8, 4) is 0 Å². The number of carbonyl (C=O) groups excluding carboxylic acids is 1. The molecule has 0 aromatic carbocycles. The number of rotatable bonds is 6. The maximum absolute atomic E-state index is 12.5. The van der Waals surface area contributed by atoms with E-state index in [1.807, 2.05) is 11.0 Å². The van der Waals surface area contributed by atoms with Crippen LogP contribution in [0.2, 0.25) is 0 Å². The lowest BCUT2D eigenvalue weighted by atomic mass is 10.2. The van der Waals surface area contributed by atoms with E-state index in [1.165, 1.54) is 4.88 Å². The monoisotopic (exact) mass is 463 g/mol. The van der Waals surface area contributed by atoms with Crippen molar-refractivity contribution in [3.05, 3.63) is 33.2 Å². The summed E-state index contributed by atoms with van der Waals surface area (Å²) in [5.41, 5.74) is 1.14. The lowest BCUT2D eigenvalue weighted by Gasteiger charge is -2.34. The minimum absolute atomic E-state index is 0.278. The van der Waals surface area contributed by atoms with Crippen molar-refractivity contribution < 1.29 is 4.79 Å². The summed E-state index contributed by atoms with van der Waals surface area (Å²) < 4.78 is 1.12. The Bertz CT molecular complexity index is 791. The Kier molecular flexibility index (Phi) is 6.59. The average Bonchev–Trinajstić information content (AvgIpc) is 3.02. The molecule has 150 valence electrons. The zero-order chi connectivity index (χ0) is 19.3. The van der Waals surface area contributed by atoms with Crippen LogP contribution in [0.4, 0.5) is 11.6 Å². The topological polar surface area (TPSA) is 52.6 Å². The second-order valence-corrected chi connectivity index (χ2v) is 9.86. The molecule has 0 aliphatic carbocycles. The number of carbonyl (C=O) groups is 1. The first kappa shape index (κ1) is 19.8. The van der Waals surface area contributed by atoms with E-state index in [-0.39, 0.29) is 5.91 Å². The highest BCUT2D eigenvalue weighted by Gasteiger charge is 2.24. The van der Waals surface area contributed by atoms with Crippen molar-refractivity contribution in [2.45, 2.75) is 32.1 Å². The molecule has 6 nitrogen and oxygen atoms in total. The number of anilines is 2. The van der Waals surface area contributed by atoms with Gasteiger partial charge in [0.25, 0.3) is 0 Å². The lowest BCUT2D eigenvalue weighted by Crippen LogP contribution is -2.47. The van der Waals surface area contributed by atoms with Crippen molar-refractivity contribution in [2.75, 3.05) is 49.1 Å². The van der Waals surface area contributed by atoms with E-state index < -0.39 is 0 Å².